The van der Waals surface area contributed by atoms with Crippen molar-refractivity contribution in [3.05, 3.63) is 180 Å². The smallest absolute Gasteiger partial charge is 0.159 e. The van der Waals surface area contributed by atoms with Gasteiger partial charge in [0.05, 0.1) is 39.4 Å². The molecule has 4 heterocycles. The highest BCUT2D eigenvalue weighted by molar-refractivity contribution is 6.13. The number of hydrogen-bond acceptors (Lipinski definition) is 3. The molecule has 8 aromatic carbocycles. The molecule has 0 spiro atoms. The van der Waals surface area contributed by atoms with Gasteiger partial charge in [0.15, 0.2) is 5.58 Å². The molecular weight excluding hydrogens is 699 g/mol. The van der Waals surface area contributed by atoms with E-state index < -0.39 is 0 Å². The number of nitriles is 1. The van der Waals surface area contributed by atoms with Gasteiger partial charge in [0, 0.05) is 48.8 Å². The molecule has 0 bridgehead atoms. The third kappa shape index (κ3) is 4.74. The predicted octanol–water partition coefficient (Wildman–Crippen LogP) is 13.7. The number of rotatable bonds is 6. The van der Waals surface area contributed by atoms with Gasteiger partial charge in [-0.2, -0.15) is 5.26 Å². The minimum absolute atomic E-state index is 0.662. The highest BCUT2D eigenvalue weighted by Gasteiger charge is 2.19. The van der Waals surface area contributed by atoms with Crippen LogP contribution in [0.2, 0.25) is 0 Å². The Balaban J connectivity index is 0.878. The molecule has 57 heavy (non-hydrogen) atoms. The van der Waals surface area contributed by atoms with Gasteiger partial charge in [0.25, 0.3) is 0 Å². The van der Waals surface area contributed by atoms with E-state index in [-0.39, 0.29) is 0 Å². The zero-order valence-corrected chi connectivity index (χ0v) is 30.9. The molecule has 0 N–H and O–H groups in total. The second kappa shape index (κ2) is 12.2. The normalized spacial score (nSPS) is 12.1. The molecule has 5 nitrogen and oxygen atoms in total. The molecule has 0 aliphatic rings. The maximum Gasteiger partial charge on any atom is 0.159 e. The standard InChI is InChI=1S/C52H33N3O2/c53-31-33-23-26-46-42(29-33)36-13-1-4-18-44(36)54(46)35-24-27-50-43(30-35)40-16-8-12-34(51(40)56-50)11-7-10-32-22-25-47-41(28-32)37-14-2-5-19-45(37)55(47)48-20-9-17-39-38-15-3-6-21-49(38)57-52(39)48/h1-6,8-9,12-30H,7,10-11H2. The molecule has 0 unspecified atom stereocenters. The highest BCUT2D eigenvalue weighted by Crippen LogP contribution is 2.40. The Hall–Kier alpha value is -7.55. The summed E-state index contributed by atoms with van der Waals surface area (Å²) in [5.74, 6) is 0. The van der Waals surface area contributed by atoms with Crippen molar-refractivity contribution in [3.63, 3.8) is 0 Å². The first-order valence-corrected chi connectivity index (χ1v) is 19.5. The van der Waals surface area contributed by atoms with Crippen LogP contribution in [0.3, 0.4) is 0 Å². The van der Waals surface area contributed by atoms with E-state index in [0.717, 1.165) is 96.3 Å². The van der Waals surface area contributed by atoms with E-state index >= 15 is 0 Å². The van der Waals surface area contributed by atoms with E-state index in [2.05, 4.69) is 155 Å². The van der Waals surface area contributed by atoms with Crippen molar-refractivity contribution in [1.82, 2.24) is 9.13 Å². The van der Waals surface area contributed by atoms with Gasteiger partial charge in [-0.3, -0.25) is 0 Å². The third-order valence-electron chi connectivity index (χ3n) is 11.9. The van der Waals surface area contributed by atoms with Gasteiger partial charge in [-0.15, -0.1) is 0 Å². The summed E-state index contributed by atoms with van der Waals surface area (Å²) >= 11 is 0. The van der Waals surface area contributed by atoms with Crippen LogP contribution in [0.1, 0.15) is 23.1 Å². The van der Waals surface area contributed by atoms with E-state index in [1.165, 1.54) is 32.9 Å². The fraction of sp³-hybridized carbons (Fsp3) is 0.0577. The zero-order valence-electron chi connectivity index (χ0n) is 30.9. The molecule has 0 aliphatic heterocycles. The lowest BCUT2D eigenvalue weighted by Crippen LogP contribution is -1.95. The molecule has 5 heteroatoms. The topological polar surface area (TPSA) is 59.9 Å². The van der Waals surface area contributed by atoms with Gasteiger partial charge in [0.1, 0.15) is 16.7 Å². The Morgan fingerprint density at radius 3 is 1.91 bits per heavy atom. The summed E-state index contributed by atoms with van der Waals surface area (Å²) in [6, 6.07) is 60.1. The summed E-state index contributed by atoms with van der Waals surface area (Å²) in [6.07, 6.45) is 2.86. The number of aryl methyl sites for hydroxylation is 2. The molecule has 12 rings (SSSR count). The molecule has 12 aromatic rings. The maximum absolute atomic E-state index is 9.61. The molecule has 0 saturated heterocycles. The molecule has 4 aromatic heterocycles. The Bertz CT molecular complexity index is 3640. The fourth-order valence-electron chi connectivity index (χ4n) is 9.33. The van der Waals surface area contributed by atoms with Crippen LogP contribution in [0, 0.1) is 11.3 Å². The number of aromatic nitrogens is 2. The van der Waals surface area contributed by atoms with Gasteiger partial charge >= 0.3 is 0 Å². The number of benzene rings is 8. The molecule has 0 aliphatic carbocycles. The molecular formula is C52H33N3O2. The van der Waals surface area contributed by atoms with Crippen molar-refractivity contribution in [2.24, 2.45) is 0 Å². The zero-order chi connectivity index (χ0) is 37.6. The number of para-hydroxylation sites is 5. The number of nitrogens with zero attached hydrogens (tertiary/aromatic N) is 3. The van der Waals surface area contributed by atoms with E-state index in [4.69, 9.17) is 8.83 Å². The Morgan fingerprint density at radius 2 is 1.07 bits per heavy atom. The van der Waals surface area contributed by atoms with Gasteiger partial charge < -0.3 is 18.0 Å². The second-order valence-electron chi connectivity index (χ2n) is 15.1. The molecule has 0 radical (unpaired) electrons. The van der Waals surface area contributed by atoms with Crippen molar-refractivity contribution in [1.29, 1.82) is 5.26 Å². The van der Waals surface area contributed by atoms with Crippen LogP contribution in [0.4, 0.5) is 0 Å². The van der Waals surface area contributed by atoms with Gasteiger partial charge in [-0.25, -0.2) is 0 Å². The van der Waals surface area contributed by atoms with Crippen molar-refractivity contribution in [2.45, 2.75) is 19.3 Å². The number of furan rings is 2. The first kappa shape index (κ1) is 31.8. The average Bonchev–Trinajstić information content (AvgIpc) is 4.01. The van der Waals surface area contributed by atoms with Crippen LogP contribution in [0.15, 0.2) is 173 Å². The van der Waals surface area contributed by atoms with E-state index in [1.807, 2.05) is 24.3 Å². The van der Waals surface area contributed by atoms with E-state index in [9.17, 15) is 5.26 Å². The minimum atomic E-state index is 0.662. The second-order valence-corrected chi connectivity index (χ2v) is 15.1. The molecule has 0 fully saturated rings. The molecule has 268 valence electrons. The summed E-state index contributed by atoms with van der Waals surface area (Å²) < 4.78 is 17.8. The van der Waals surface area contributed by atoms with Crippen molar-refractivity contribution in [2.75, 3.05) is 0 Å². The van der Waals surface area contributed by atoms with Crippen LogP contribution in [-0.2, 0) is 12.8 Å². The van der Waals surface area contributed by atoms with Crippen molar-refractivity contribution < 1.29 is 8.83 Å². The Labute approximate surface area is 326 Å². The fourth-order valence-corrected chi connectivity index (χ4v) is 9.33. The van der Waals surface area contributed by atoms with Crippen LogP contribution >= 0.6 is 0 Å². The molecule has 0 amide bonds. The first-order chi connectivity index (χ1) is 28.2. The highest BCUT2D eigenvalue weighted by atomic mass is 16.3. The van der Waals surface area contributed by atoms with E-state index in [0.29, 0.717) is 5.56 Å². The van der Waals surface area contributed by atoms with Crippen molar-refractivity contribution >= 4 is 87.5 Å². The summed E-state index contributed by atoms with van der Waals surface area (Å²) in [7, 11) is 0. The lowest BCUT2D eigenvalue weighted by molar-refractivity contribution is 0.659. The van der Waals surface area contributed by atoms with Gasteiger partial charge in [-0.05, 0) is 103 Å². The molecule has 0 atom stereocenters. The van der Waals surface area contributed by atoms with Gasteiger partial charge in [0.2, 0.25) is 0 Å². The molecule has 0 saturated carbocycles. The summed E-state index contributed by atoms with van der Waals surface area (Å²) in [5, 5.41) is 18.8. The minimum Gasteiger partial charge on any atom is -0.456 e. The summed E-state index contributed by atoms with van der Waals surface area (Å²) in [6.45, 7) is 0. The lowest BCUT2D eigenvalue weighted by Gasteiger charge is -2.09. The monoisotopic (exact) mass is 731 g/mol. The predicted molar refractivity (Wildman–Crippen MR) is 233 cm³/mol. The maximum atomic E-state index is 9.61. The average molecular weight is 732 g/mol. The van der Waals surface area contributed by atoms with Gasteiger partial charge in [-0.1, -0.05) is 91.0 Å². The Morgan fingerprint density at radius 1 is 0.439 bits per heavy atom. The summed E-state index contributed by atoms with van der Waals surface area (Å²) in [5.41, 5.74) is 13.5. The number of fused-ring (bicyclic) bond motifs is 12. The lowest BCUT2D eigenvalue weighted by atomic mass is 10.0. The van der Waals surface area contributed by atoms with E-state index in [1.54, 1.807) is 0 Å². The van der Waals surface area contributed by atoms with Crippen molar-refractivity contribution in [3.8, 4) is 17.4 Å². The van der Waals surface area contributed by atoms with Crippen LogP contribution in [0.25, 0.3) is 98.9 Å². The Kier molecular flexibility index (Phi) is 6.81. The van der Waals surface area contributed by atoms with Crippen LogP contribution < -0.4 is 0 Å². The van der Waals surface area contributed by atoms with Crippen LogP contribution in [-0.4, -0.2) is 9.13 Å². The SMILES string of the molecule is N#Cc1ccc2c(c1)c1ccccc1n2-c1ccc2oc3c(CCCc4ccc5c(c4)c4ccccc4n5-c4cccc5c4oc4ccccc45)cccc3c2c1. The quantitative estimate of drug-likeness (QED) is 0.171. The number of hydrogen-bond donors (Lipinski definition) is 0. The van der Waals surface area contributed by atoms with Crippen LogP contribution in [0.5, 0.6) is 0 Å². The third-order valence-corrected chi connectivity index (χ3v) is 11.9. The largest absolute Gasteiger partial charge is 0.456 e. The summed E-state index contributed by atoms with van der Waals surface area (Å²) in [4.78, 5) is 0. The first-order valence-electron chi connectivity index (χ1n) is 19.5.